The molecule has 0 unspecified atom stereocenters. The van der Waals surface area contributed by atoms with Gasteiger partial charge in [0.05, 0.1) is 6.10 Å². The van der Waals surface area contributed by atoms with Crippen LogP contribution in [0.15, 0.2) is 12.1 Å². The van der Waals surface area contributed by atoms with E-state index in [1.165, 1.54) is 0 Å². The highest BCUT2D eigenvalue weighted by atomic mass is 19.1. The molecule has 1 aromatic carbocycles. The largest absolute Gasteiger partial charge is 0.487 e. The number of carbonyl (C=O) groups is 1. The Morgan fingerprint density at radius 2 is 2.00 bits per heavy atom. The van der Waals surface area contributed by atoms with Crippen LogP contribution in [0.3, 0.4) is 0 Å². The molecule has 0 saturated heterocycles. The van der Waals surface area contributed by atoms with Crippen molar-refractivity contribution in [3.8, 4) is 5.75 Å². The smallest absolute Gasteiger partial charge is 0.339 e. The molecule has 0 spiro atoms. The van der Waals surface area contributed by atoms with E-state index in [0.717, 1.165) is 6.07 Å². The van der Waals surface area contributed by atoms with E-state index < -0.39 is 28.9 Å². The first-order chi connectivity index (χ1) is 6.91. The van der Waals surface area contributed by atoms with Crippen molar-refractivity contribution >= 4 is 5.97 Å². The molecule has 0 fully saturated rings. The van der Waals surface area contributed by atoms with Gasteiger partial charge in [-0.1, -0.05) is 0 Å². The number of carboxylic acid groups (broad SMARTS) is 1. The van der Waals surface area contributed by atoms with Gasteiger partial charge in [0.15, 0.2) is 11.6 Å². The van der Waals surface area contributed by atoms with Crippen LogP contribution in [0.2, 0.25) is 0 Å². The maximum atomic E-state index is 13.2. The summed E-state index contributed by atoms with van der Waals surface area (Å²) in [5.74, 6) is -3.81. The van der Waals surface area contributed by atoms with Crippen molar-refractivity contribution in [3.63, 3.8) is 0 Å². The average molecular weight is 216 g/mol. The second-order valence-corrected chi connectivity index (χ2v) is 3.24. The third-order valence-corrected chi connectivity index (χ3v) is 1.59. The molecule has 1 aromatic rings. The lowest BCUT2D eigenvalue weighted by molar-refractivity contribution is 0.0688. The van der Waals surface area contributed by atoms with Gasteiger partial charge < -0.3 is 9.84 Å². The van der Waals surface area contributed by atoms with Crippen LogP contribution in [-0.2, 0) is 0 Å². The topological polar surface area (TPSA) is 46.5 Å². The predicted octanol–water partition coefficient (Wildman–Crippen LogP) is 2.45. The minimum absolute atomic E-state index is 0.386. The summed E-state index contributed by atoms with van der Waals surface area (Å²) in [7, 11) is 0. The first-order valence-electron chi connectivity index (χ1n) is 4.30. The van der Waals surface area contributed by atoms with Crippen molar-refractivity contribution in [2.45, 2.75) is 20.0 Å². The van der Waals surface area contributed by atoms with Crippen molar-refractivity contribution < 1.29 is 23.4 Å². The minimum Gasteiger partial charge on any atom is -0.487 e. The van der Waals surface area contributed by atoms with E-state index in [1.807, 2.05) is 0 Å². The summed E-state index contributed by atoms with van der Waals surface area (Å²) in [4.78, 5) is 10.7. The third-order valence-electron chi connectivity index (χ3n) is 1.59. The first kappa shape index (κ1) is 11.4. The van der Waals surface area contributed by atoms with E-state index in [-0.39, 0.29) is 6.10 Å². The Kier molecular flexibility index (Phi) is 3.24. The van der Waals surface area contributed by atoms with Gasteiger partial charge in [-0.2, -0.15) is 0 Å². The standard InChI is InChI=1S/C10H10F2O3/c1-5(2)15-9-7(10(13)14)3-6(11)4-8(9)12/h3-5H,1-2H3,(H,13,14). The Balaban J connectivity index is 3.27. The molecule has 82 valence electrons. The van der Waals surface area contributed by atoms with E-state index in [4.69, 9.17) is 9.84 Å². The summed E-state index contributed by atoms with van der Waals surface area (Å²) < 4.78 is 30.9. The number of aromatic carboxylic acids is 1. The van der Waals surface area contributed by atoms with E-state index in [1.54, 1.807) is 13.8 Å². The lowest BCUT2D eigenvalue weighted by Crippen LogP contribution is -2.12. The number of hydrogen-bond donors (Lipinski definition) is 1. The molecule has 0 amide bonds. The third kappa shape index (κ3) is 2.65. The van der Waals surface area contributed by atoms with E-state index in [2.05, 4.69) is 0 Å². The Labute approximate surface area is 85.3 Å². The second kappa shape index (κ2) is 4.25. The summed E-state index contributed by atoms with van der Waals surface area (Å²) >= 11 is 0. The van der Waals surface area contributed by atoms with Crippen molar-refractivity contribution in [2.75, 3.05) is 0 Å². The fourth-order valence-electron chi connectivity index (χ4n) is 1.07. The second-order valence-electron chi connectivity index (χ2n) is 3.24. The van der Waals surface area contributed by atoms with Gasteiger partial charge in [-0.25, -0.2) is 13.6 Å². The van der Waals surface area contributed by atoms with Gasteiger partial charge in [0.1, 0.15) is 11.4 Å². The molecule has 15 heavy (non-hydrogen) atoms. The van der Waals surface area contributed by atoms with Crippen LogP contribution >= 0.6 is 0 Å². The summed E-state index contributed by atoms with van der Waals surface area (Å²) in [6.45, 7) is 3.24. The number of rotatable bonds is 3. The van der Waals surface area contributed by atoms with Gasteiger partial charge in [-0.3, -0.25) is 0 Å². The number of halogens is 2. The summed E-state index contributed by atoms with van der Waals surface area (Å²) in [5.41, 5.74) is -0.513. The molecule has 0 aliphatic rings. The van der Waals surface area contributed by atoms with Crippen LogP contribution in [-0.4, -0.2) is 17.2 Å². The number of benzene rings is 1. The molecule has 0 atom stereocenters. The highest BCUT2D eigenvalue weighted by Crippen LogP contribution is 2.25. The predicted molar refractivity (Wildman–Crippen MR) is 49.1 cm³/mol. The molecule has 1 N–H and O–H groups in total. The Hall–Kier alpha value is -1.65. The van der Waals surface area contributed by atoms with Crippen molar-refractivity contribution in [3.05, 3.63) is 29.3 Å². The zero-order chi connectivity index (χ0) is 11.6. The molecule has 3 nitrogen and oxygen atoms in total. The molecule has 0 aromatic heterocycles. The highest BCUT2D eigenvalue weighted by molar-refractivity contribution is 5.91. The number of carboxylic acids is 1. The first-order valence-corrected chi connectivity index (χ1v) is 4.30. The average Bonchev–Trinajstić information content (AvgIpc) is 2.08. The number of ether oxygens (including phenoxy) is 1. The lowest BCUT2D eigenvalue weighted by atomic mass is 10.2. The molecule has 0 bridgehead atoms. The zero-order valence-electron chi connectivity index (χ0n) is 8.25. The van der Waals surface area contributed by atoms with Crippen LogP contribution in [0, 0.1) is 11.6 Å². The molecular formula is C10H10F2O3. The maximum Gasteiger partial charge on any atom is 0.339 e. The summed E-state index contributed by atoms with van der Waals surface area (Å²) in [6, 6.07) is 1.31. The van der Waals surface area contributed by atoms with Gasteiger partial charge in [0.25, 0.3) is 0 Å². The maximum absolute atomic E-state index is 13.2. The zero-order valence-corrected chi connectivity index (χ0v) is 8.25. The lowest BCUT2D eigenvalue weighted by Gasteiger charge is -2.12. The van der Waals surface area contributed by atoms with Gasteiger partial charge in [0, 0.05) is 6.07 Å². The highest BCUT2D eigenvalue weighted by Gasteiger charge is 2.18. The van der Waals surface area contributed by atoms with Gasteiger partial charge >= 0.3 is 5.97 Å². The molecule has 5 heteroatoms. The van der Waals surface area contributed by atoms with Gasteiger partial charge in [0.2, 0.25) is 0 Å². The van der Waals surface area contributed by atoms with Gasteiger partial charge in [-0.05, 0) is 19.9 Å². The molecule has 0 heterocycles. The van der Waals surface area contributed by atoms with Crippen LogP contribution in [0.25, 0.3) is 0 Å². The van der Waals surface area contributed by atoms with Crippen molar-refractivity contribution in [2.24, 2.45) is 0 Å². The molecule has 0 radical (unpaired) electrons. The summed E-state index contributed by atoms with van der Waals surface area (Å²) in [5, 5.41) is 8.71. The Morgan fingerprint density at radius 1 is 1.40 bits per heavy atom. The van der Waals surface area contributed by atoms with Crippen LogP contribution in [0.4, 0.5) is 8.78 Å². The van der Waals surface area contributed by atoms with Crippen LogP contribution in [0.1, 0.15) is 24.2 Å². The summed E-state index contributed by atoms with van der Waals surface area (Å²) in [6.07, 6.45) is -0.386. The SMILES string of the molecule is CC(C)Oc1c(F)cc(F)cc1C(=O)O. The number of hydrogen-bond acceptors (Lipinski definition) is 2. The van der Waals surface area contributed by atoms with E-state index in [9.17, 15) is 13.6 Å². The minimum atomic E-state index is -1.43. The van der Waals surface area contributed by atoms with E-state index >= 15 is 0 Å². The van der Waals surface area contributed by atoms with Crippen molar-refractivity contribution in [1.82, 2.24) is 0 Å². The van der Waals surface area contributed by atoms with Gasteiger partial charge in [-0.15, -0.1) is 0 Å². The fraction of sp³-hybridized carbons (Fsp3) is 0.300. The molecule has 0 aliphatic heterocycles. The fourth-order valence-corrected chi connectivity index (χ4v) is 1.07. The van der Waals surface area contributed by atoms with Crippen LogP contribution < -0.4 is 4.74 Å². The Morgan fingerprint density at radius 3 is 2.47 bits per heavy atom. The van der Waals surface area contributed by atoms with Crippen molar-refractivity contribution in [1.29, 1.82) is 0 Å². The normalized spacial score (nSPS) is 10.5. The Bertz CT molecular complexity index is 388. The molecule has 0 saturated carbocycles. The van der Waals surface area contributed by atoms with Crippen LogP contribution in [0.5, 0.6) is 5.75 Å². The molecule has 1 rings (SSSR count). The quantitative estimate of drug-likeness (QED) is 0.844. The van der Waals surface area contributed by atoms with E-state index in [0.29, 0.717) is 6.07 Å². The molecule has 0 aliphatic carbocycles. The monoisotopic (exact) mass is 216 g/mol. The molecular weight excluding hydrogens is 206 g/mol.